The standard InChI is InChI=1S/C18H30N2O/c1-20(12-16-4-2-3-5-19-16)17(21)18-9-13-6-14(10-18)8-15(7-13)11-18/h13-16,19H,2-12H2,1H3. The van der Waals surface area contributed by atoms with E-state index in [1.54, 1.807) is 0 Å². The molecule has 0 spiro atoms. The van der Waals surface area contributed by atoms with Crippen LogP contribution in [-0.4, -0.2) is 37.0 Å². The molecule has 0 radical (unpaired) electrons. The maximum atomic E-state index is 13.2. The van der Waals surface area contributed by atoms with Crippen LogP contribution in [0.2, 0.25) is 0 Å². The van der Waals surface area contributed by atoms with E-state index in [0.717, 1.165) is 30.8 Å². The highest BCUT2D eigenvalue weighted by molar-refractivity contribution is 5.83. The summed E-state index contributed by atoms with van der Waals surface area (Å²) in [5, 5.41) is 3.58. The fourth-order valence-corrected chi connectivity index (χ4v) is 6.27. The predicted octanol–water partition coefficient (Wildman–Crippen LogP) is 2.80. The quantitative estimate of drug-likeness (QED) is 0.867. The van der Waals surface area contributed by atoms with E-state index in [0.29, 0.717) is 11.9 Å². The molecule has 0 aromatic carbocycles. The summed E-state index contributed by atoms with van der Waals surface area (Å²) in [4.78, 5) is 15.2. The summed E-state index contributed by atoms with van der Waals surface area (Å²) >= 11 is 0. The van der Waals surface area contributed by atoms with Gasteiger partial charge in [-0.25, -0.2) is 0 Å². The number of hydrogen-bond donors (Lipinski definition) is 1. The van der Waals surface area contributed by atoms with Gasteiger partial charge in [-0.2, -0.15) is 0 Å². The summed E-state index contributed by atoms with van der Waals surface area (Å²) in [7, 11) is 2.05. The Balaban J connectivity index is 1.44. The van der Waals surface area contributed by atoms with Crippen LogP contribution >= 0.6 is 0 Å². The number of piperidine rings is 1. The van der Waals surface area contributed by atoms with Crippen LogP contribution < -0.4 is 5.32 Å². The molecule has 5 fully saturated rings. The van der Waals surface area contributed by atoms with Gasteiger partial charge in [0, 0.05) is 19.6 Å². The zero-order valence-electron chi connectivity index (χ0n) is 13.4. The monoisotopic (exact) mass is 290 g/mol. The third kappa shape index (κ3) is 2.52. The van der Waals surface area contributed by atoms with E-state index in [-0.39, 0.29) is 5.41 Å². The first-order valence-electron chi connectivity index (χ1n) is 9.13. The summed E-state index contributed by atoms with van der Waals surface area (Å²) in [5.41, 5.74) is 0.0398. The number of amides is 1. The third-order valence-electron chi connectivity index (χ3n) is 6.75. The largest absolute Gasteiger partial charge is 0.344 e. The van der Waals surface area contributed by atoms with Gasteiger partial charge in [-0.1, -0.05) is 6.42 Å². The van der Waals surface area contributed by atoms with Crippen molar-refractivity contribution in [2.24, 2.45) is 23.2 Å². The van der Waals surface area contributed by atoms with Crippen molar-refractivity contribution >= 4 is 5.91 Å². The fourth-order valence-electron chi connectivity index (χ4n) is 6.27. The van der Waals surface area contributed by atoms with E-state index < -0.39 is 0 Å². The van der Waals surface area contributed by atoms with Crippen molar-refractivity contribution in [2.45, 2.75) is 63.8 Å². The molecule has 0 aromatic rings. The first-order valence-corrected chi connectivity index (χ1v) is 9.13. The van der Waals surface area contributed by atoms with Gasteiger partial charge in [0.2, 0.25) is 5.91 Å². The number of nitrogens with zero attached hydrogens (tertiary/aromatic N) is 1. The van der Waals surface area contributed by atoms with Crippen LogP contribution in [0.5, 0.6) is 0 Å². The van der Waals surface area contributed by atoms with Gasteiger partial charge in [0.05, 0.1) is 5.41 Å². The summed E-state index contributed by atoms with van der Waals surface area (Å²) in [6.07, 6.45) is 11.7. The second kappa shape index (κ2) is 5.26. The normalized spacial score (nSPS) is 44.8. The molecule has 1 atom stereocenters. The summed E-state index contributed by atoms with van der Waals surface area (Å²) in [6.45, 7) is 2.05. The van der Waals surface area contributed by atoms with Gasteiger partial charge in [0.1, 0.15) is 0 Å². The molecule has 4 bridgehead atoms. The lowest BCUT2D eigenvalue weighted by molar-refractivity contribution is -0.156. The van der Waals surface area contributed by atoms with Gasteiger partial charge in [-0.15, -0.1) is 0 Å². The highest BCUT2D eigenvalue weighted by Gasteiger charge is 2.55. The van der Waals surface area contributed by atoms with Crippen LogP contribution in [0, 0.1) is 23.2 Å². The topological polar surface area (TPSA) is 32.3 Å². The number of likely N-dealkylation sites (N-methyl/N-ethyl adjacent to an activating group) is 1. The van der Waals surface area contributed by atoms with Crippen LogP contribution in [0.1, 0.15) is 57.8 Å². The van der Waals surface area contributed by atoms with Gasteiger partial charge >= 0.3 is 0 Å². The number of carbonyl (C=O) groups excluding carboxylic acids is 1. The lowest BCUT2D eigenvalue weighted by Crippen LogP contribution is -2.55. The first kappa shape index (κ1) is 14.0. The summed E-state index contributed by atoms with van der Waals surface area (Å²) < 4.78 is 0. The zero-order valence-corrected chi connectivity index (χ0v) is 13.4. The second-order valence-corrected chi connectivity index (χ2v) is 8.53. The second-order valence-electron chi connectivity index (χ2n) is 8.53. The average molecular weight is 290 g/mol. The highest BCUT2D eigenvalue weighted by atomic mass is 16.2. The van der Waals surface area contributed by atoms with Crippen molar-refractivity contribution in [3.8, 4) is 0 Å². The molecule has 1 unspecified atom stereocenters. The van der Waals surface area contributed by atoms with Crippen molar-refractivity contribution < 1.29 is 4.79 Å². The van der Waals surface area contributed by atoms with Crippen molar-refractivity contribution in [1.82, 2.24) is 10.2 Å². The van der Waals surface area contributed by atoms with E-state index >= 15 is 0 Å². The van der Waals surface area contributed by atoms with E-state index in [4.69, 9.17) is 0 Å². The van der Waals surface area contributed by atoms with Crippen molar-refractivity contribution in [1.29, 1.82) is 0 Å². The third-order valence-corrected chi connectivity index (χ3v) is 6.75. The molecule has 21 heavy (non-hydrogen) atoms. The predicted molar refractivity (Wildman–Crippen MR) is 83.9 cm³/mol. The zero-order chi connectivity index (χ0) is 14.4. The van der Waals surface area contributed by atoms with E-state index in [1.807, 2.05) is 0 Å². The SMILES string of the molecule is CN(CC1CCCCN1)C(=O)C12CC3CC(CC(C3)C1)C2. The van der Waals surface area contributed by atoms with Gasteiger partial charge in [0.15, 0.2) is 0 Å². The Bertz CT molecular complexity index is 378. The molecule has 1 heterocycles. The number of hydrogen-bond acceptors (Lipinski definition) is 2. The molecule has 0 aromatic heterocycles. The Morgan fingerprint density at radius 1 is 1.10 bits per heavy atom. The lowest BCUT2D eigenvalue weighted by atomic mass is 9.49. The Morgan fingerprint density at radius 2 is 1.71 bits per heavy atom. The molecule has 4 aliphatic carbocycles. The maximum absolute atomic E-state index is 13.2. The summed E-state index contributed by atoms with van der Waals surface area (Å²) in [6, 6.07) is 0.529. The van der Waals surface area contributed by atoms with Gasteiger partial charge in [-0.05, 0) is 75.7 Å². The molecule has 1 aliphatic heterocycles. The minimum Gasteiger partial charge on any atom is -0.344 e. The van der Waals surface area contributed by atoms with E-state index in [9.17, 15) is 4.79 Å². The summed E-state index contributed by atoms with van der Waals surface area (Å²) in [5.74, 6) is 3.07. The minimum atomic E-state index is 0.0398. The molecule has 1 saturated heterocycles. The molecular weight excluding hydrogens is 260 g/mol. The smallest absolute Gasteiger partial charge is 0.228 e. The molecule has 5 aliphatic rings. The van der Waals surface area contributed by atoms with Crippen molar-refractivity contribution in [3.63, 3.8) is 0 Å². The molecule has 4 saturated carbocycles. The maximum Gasteiger partial charge on any atom is 0.228 e. The molecule has 5 rings (SSSR count). The Hall–Kier alpha value is -0.570. The van der Waals surface area contributed by atoms with E-state index in [1.165, 1.54) is 57.8 Å². The molecule has 1 amide bonds. The van der Waals surface area contributed by atoms with Gasteiger partial charge < -0.3 is 10.2 Å². The first-order chi connectivity index (χ1) is 10.1. The van der Waals surface area contributed by atoms with Gasteiger partial charge in [-0.3, -0.25) is 4.79 Å². The van der Waals surface area contributed by atoms with Crippen LogP contribution in [0.25, 0.3) is 0 Å². The Morgan fingerprint density at radius 3 is 2.24 bits per heavy atom. The van der Waals surface area contributed by atoms with Crippen LogP contribution in [0.4, 0.5) is 0 Å². The minimum absolute atomic E-state index is 0.0398. The van der Waals surface area contributed by atoms with Crippen molar-refractivity contribution in [3.05, 3.63) is 0 Å². The number of nitrogens with one attached hydrogen (secondary N) is 1. The van der Waals surface area contributed by atoms with Crippen LogP contribution in [0.15, 0.2) is 0 Å². The fraction of sp³-hybridized carbons (Fsp3) is 0.944. The Labute approximate surface area is 128 Å². The molecule has 3 nitrogen and oxygen atoms in total. The lowest BCUT2D eigenvalue weighted by Gasteiger charge is -2.56. The highest BCUT2D eigenvalue weighted by Crippen LogP contribution is 2.60. The number of rotatable bonds is 3. The average Bonchev–Trinajstić information content (AvgIpc) is 2.46. The molecule has 118 valence electrons. The Kier molecular flexibility index (Phi) is 3.52. The molecular formula is C18H30N2O. The van der Waals surface area contributed by atoms with Crippen LogP contribution in [0.3, 0.4) is 0 Å². The number of carbonyl (C=O) groups is 1. The van der Waals surface area contributed by atoms with Crippen LogP contribution in [-0.2, 0) is 4.79 Å². The molecule has 3 heteroatoms. The van der Waals surface area contributed by atoms with E-state index in [2.05, 4.69) is 17.3 Å². The van der Waals surface area contributed by atoms with Gasteiger partial charge in [0.25, 0.3) is 0 Å². The van der Waals surface area contributed by atoms with Crippen molar-refractivity contribution in [2.75, 3.05) is 20.1 Å². The molecule has 1 N–H and O–H groups in total.